The number of esters is 1. The van der Waals surface area contributed by atoms with E-state index in [4.69, 9.17) is 16.3 Å². The van der Waals surface area contributed by atoms with Gasteiger partial charge in [-0.1, -0.05) is 24.6 Å². The summed E-state index contributed by atoms with van der Waals surface area (Å²) >= 11 is 5.44. The summed E-state index contributed by atoms with van der Waals surface area (Å²) in [5.74, 6) is -0.480. The number of hydrogen-bond donors (Lipinski definition) is 0. The SMILES string of the molecule is C=C(Cl)C(=O)OC1(C)CCCCC1. The Balaban J connectivity index is 2.50. The number of carbonyl (C=O) groups is 1. The average Bonchev–Trinajstić information content (AvgIpc) is 2.04. The maximum absolute atomic E-state index is 11.2. The van der Waals surface area contributed by atoms with Crippen molar-refractivity contribution in [2.45, 2.75) is 44.6 Å². The highest BCUT2D eigenvalue weighted by atomic mass is 35.5. The molecule has 0 amide bonds. The highest BCUT2D eigenvalue weighted by Crippen LogP contribution is 2.31. The van der Waals surface area contributed by atoms with Gasteiger partial charge in [0.05, 0.1) is 0 Å². The first-order valence-corrected chi connectivity index (χ1v) is 4.99. The fraction of sp³-hybridized carbons (Fsp3) is 0.700. The molecule has 1 aliphatic carbocycles. The molecule has 0 spiro atoms. The third-order valence-corrected chi connectivity index (χ3v) is 2.63. The van der Waals surface area contributed by atoms with Gasteiger partial charge >= 0.3 is 5.97 Å². The fourth-order valence-electron chi connectivity index (χ4n) is 1.68. The molecule has 1 rings (SSSR count). The van der Waals surface area contributed by atoms with Crippen LogP contribution in [0.5, 0.6) is 0 Å². The normalized spacial score (nSPS) is 20.8. The first kappa shape index (κ1) is 10.6. The Bertz CT molecular complexity index is 217. The molecule has 74 valence electrons. The Morgan fingerprint density at radius 3 is 2.38 bits per heavy atom. The molecule has 0 radical (unpaired) electrons. The second kappa shape index (κ2) is 4.14. The molecule has 2 nitrogen and oxygen atoms in total. The summed E-state index contributed by atoms with van der Waals surface area (Å²) in [6.07, 6.45) is 5.35. The van der Waals surface area contributed by atoms with Crippen molar-refractivity contribution in [3.05, 3.63) is 11.6 Å². The molecule has 0 aliphatic heterocycles. The quantitative estimate of drug-likeness (QED) is 0.508. The Labute approximate surface area is 83.9 Å². The molecule has 13 heavy (non-hydrogen) atoms. The zero-order chi connectivity index (χ0) is 9.90. The Morgan fingerprint density at radius 2 is 1.92 bits per heavy atom. The monoisotopic (exact) mass is 202 g/mol. The number of rotatable bonds is 2. The van der Waals surface area contributed by atoms with Gasteiger partial charge in [-0.15, -0.1) is 0 Å². The zero-order valence-corrected chi connectivity index (χ0v) is 8.69. The second-order valence-electron chi connectivity index (χ2n) is 3.80. The van der Waals surface area contributed by atoms with Gasteiger partial charge in [0.15, 0.2) is 0 Å². The lowest BCUT2D eigenvalue weighted by Crippen LogP contribution is -2.33. The van der Waals surface area contributed by atoms with Crippen LogP contribution in [0.25, 0.3) is 0 Å². The minimum Gasteiger partial charge on any atom is -0.455 e. The molecule has 0 N–H and O–H groups in total. The van der Waals surface area contributed by atoms with Gasteiger partial charge in [-0.3, -0.25) is 0 Å². The molecule has 0 unspecified atom stereocenters. The lowest BCUT2D eigenvalue weighted by atomic mass is 9.86. The van der Waals surface area contributed by atoms with Crippen molar-refractivity contribution in [1.82, 2.24) is 0 Å². The molecular weight excluding hydrogens is 188 g/mol. The van der Waals surface area contributed by atoms with Gasteiger partial charge in [0, 0.05) is 0 Å². The summed E-state index contributed by atoms with van der Waals surface area (Å²) in [5.41, 5.74) is -0.312. The summed E-state index contributed by atoms with van der Waals surface area (Å²) in [6.45, 7) is 5.30. The molecule has 1 saturated carbocycles. The standard InChI is InChI=1S/C10H15ClO2/c1-8(11)9(12)13-10(2)6-4-3-5-7-10/h1,3-7H2,2H3. The van der Waals surface area contributed by atoms with Crippen LogP contribution in [0.1, 0.15) is 39.0 Å². The predicted molar refractivity (Wildman–Crippen MR) is 52.6 cm³/mol. The van der Waals surface area contributed by atoms with Crippen molar-refractivity contribution in [2.24, 2.45) is 0 Å². The van der Waals surface area contributed by atoms with E-state index in [1.807, 2.05) is 6.92 Å². The molecule has 0 aromatic rings. The van der Waals surface area contributed by atoms with E-state index in [-0.39, 0.29) is 10.6 Å². The Hall–Kier alpha value is -0.500. The number of carbonyl (C=O) groups excluding carboxylic acids is 1. The van der Waals surface area contributed by atoms with Crippen molar-refractivity contribution in [2.75, 3.05) is 0 Å². The van der Waals surface area contributed by atoms with Gasteiger partial charge in [-0.2, -0.15) is 0 Å². The molecule has 0 aromatic carbocycles. The minimum absolute atomic E-state index is 0.0354. The Morgan fingerprint density at radius 1 is 1.38 bits per heavy atom. The van der Waals surface area contributed by atoms with Crippen molar-refractivity contribution in [3.63, 3.8) is 0 Å². The molecule has 1 aliphatic rings. The summed E-state index contributed by atoms with van der Waals surface area (Å²) in [5, 5.41) is -0.0354. The van der Waals surface area contributed by atoms with Gasteiger partial charge < -0.3 is 4.74 Å². The molecule has 1 fully saturated rings. The fourth-order valence-corrected chi connectivity index (χ4v) is 1.72. The van der Waals surface area contributed by atoms with Gasteiger partial charge in [0.2, 0.25) is 0 Å². The van der Waals surface area contributed by atoms with Crippen molar-refractivity contribution < 1.29 is 9.53 Å². The molecule has 0 atom stereocenters. The van der Waals surface area contributed by atoms with E-state index in [0.29, 0.717) is 0 Å². The summed E-state index contributed by atoms with van der Waals surface area (Å²) in [7, 11) is 0. The van der Waals surface area contributed by atoms with Crippen molar-refractivity contribution in [1.29, 1.82) is 0 Å². The third-order valence-electron chi connectivity index (χ3n) is 2.47. The molecule has 3 heteroatoms. The maximum atomic E-state index is 11.2. The van der Waals surface area contributed by atoms with Gasteiger partial charge in [-0.05, 0) is 32.6 Å². The number of hydrogen-bond acceptors (Lipinski definition) is 2. The van der Waals surface area contributed by atoms with E-state index in [1.54, 1.807) is 0 Å². The van der Waals surface area contributed by atoms with E-state index < -0.39 is 5.97 Å². The Kier molecular flexibility index (Phi) is 3.37. The van der Waals surface area contributed by atoms with Crippen LogP contribution in [-0.4, -0.2) is 11.6 Å². The van der Waals surface area contributed by atoms with Crippen LogP contribution in [0.4, 0.5) is 0 Å². The summed E-state index contributed by atoms with van der Waals surface area (Å²) in [6, 6.07) is 0. The first-order chi connectivity index (χ1) is 6.03. The summed E-state index contributed by atoms with van der Waals surface area (Å²) in [4.78, 5) is 11.2. The van der Waals surface area contributed by atoms with E-state index in [1.165, 1.54) is 6.42 Å². The van der Waals surface area contributed by atoms with Crippen LogP contribution in [0.2, 0.25) is 0 Å². The van der Waals surface area contributed by atoms with Crippen molar-refractivity contribution >= 4 is 17.6 Å². The largest absolute Gasteiger partial charge is 0.455 e. The topological polar surface area (TPSA) is 26.3 Å². The third kappa shape index (κ3) is 3.03. The van der Waals surface area contributed by atoms with Crippen molar-refractivity contribution in [3.8, 4) is 0 Å². The van der Waals surface area contributed by atoms with E-state index in [0.717, 1.165) is 25.7 Å². The van der Waals surface area contributed by atoms with Gasteiger partial charge in [0.1, 0.15) is 10.6 Å². The van der Waals surface area contributed by atoms with E-state index >= 15 is 0 Å². The van der Waals surface area contributed by atoms with Crippen LogP contribution in [-0.2, 0) is 9.53 Å². The van der Waals surface area contributed by atoms with Crippen LogP contribution >= 0.6 is 11.6 Å². The predicted octanol–water partition coefficient (Wildman–Crippen LogP) is 3.00. The number of halogens is 1. The first-order valence-electron chi connectivity index (χ1n) is 4.61. The lowest BCUT2D eigenvalue weighted by molar-refractivity contribution is -0.155. The zero-order valence-electron chi connectivity index (χ0n) is 7.94. The molecule has 0 aromatic heterocycles. The smallest absolute Gasteiger partial charge is 0.349 e. The van der Waals surface area contributed by atoms with E-state index in [9.17, 15) is 4.79 Å². The maximum Gasteiger partial charge on any atom is 0.349 e. The van der Waals surface area contributed by atoms with Gasteiger partial charge in [-0.25, -0.2) is 4.79 Å². The molecular formula is C10H15ClO2. The van der Waals surface area contributed by atoms with Crippen LogP contribution in [0.15, 0.2) is 11.6 Å². The van der Waals surface area contributed by atoms with Crippen LogP contribution in [0, 0.1) is 0 Å². The second-order valence-corrected chi connectivity index (χ2v) is 4.26. The highest BCUT2D eigenvalue weighted by Gasteiger charge is 2.30. The molecule has 0 saturated heterocycles. The molecule has 0 bridgehead atoms. The van der Waals surface area contributed by atoms with Crippen LogP contribution < -0.4 is 0 Å². The summed E-state index contributed by atoms with van der Waals surface area (Å²) < 4.78 is 5.27. The minimum atomic E-state index is -0.480. The lowest BCUT2D eigenvalue weighted by Gasteiger charge is -2.32. The highest BCUT2D eigenvalue weighted by molar-refractivity contribution is 6.40. The van der Waals surface area contributed by atoms with E-state index in [2.05, 4.69) is 6.58 Å². The van der Waals surface area contributed by atoms with Crippen LogP contribution in [0.3, 0.4) is 0 Å². The molecule has 0 heterocycles. The van der Waals surface area contributed by atoms with Gasteiger partial charge in [0.25, 0.3) is 0 Å². The average molecular weight is 203 g/mol. The number of ether oxygens (including phenoxy) is 1.